The number of nitrogens with two attached hydrogens (primary N) is 1. The first-order valence-corrected chi connectivity index (χ1v) is 14.8. The lowest BCUT2D eigenvalue weighted by Crippen LogP contribution is -2.55. The minimum atomic E-state index is -1.08. The number of carbonyl (C=O) groups excluding carboxylic acids is 5. The fourth-order valence-electron chi connectivity index (χ4n) is 4.21. The number of hydrogen-bond acceptors (Lipinski definition) is 7. The third kappa shape index (κ3) is 13.1. The van der Waals surface area contributed by atoms with Crippen LogP contribution in [0.3, 0.4) is 0 Å². The quantitative estimate of drug-likeness (QED) is 0.171. The number of nitrogens with one attached hydrogen (secondary N) is 4. The molecule has 0 spiro atoms. The highest BCUT2D eigenvalue weighted by atomic mass is 16.6. The van der Waals surface area contributed by atoms with E-state index in [4.69, 9.17) is 15.2 Å². The highest BCUT2D eigenvalue weighted by Gasteiger charge is 2.26. The number of ether oxygens (including phenoxy) is 2. The lowest BCUT2D eigenvalue weighted by molar-refractivity contribution is -0.131. The molecule has 46 heavy (non-hydrogen) atoms. The number of alkyl carbamates (subject to hydrolysis) is 1. The van der Waals surface area contributed by atoms with Crippen LogP contribution in [0.25, 0.3) is 0 Å². The van der Waals surface area contributed by atoms with Crippen molar-refractivity contribution in [3.05, 3.63) is 102 Å². The lowest BCUT2D eigenvalue weighted by atomic mass is 10.0. The zero-order valence-electron chi connectivity index (χ0n) is 26.2. The van der Waals surface area contributed by atoms with Gasteiger partial charge in [0.15, 0.2) is 0 Å². The molecule has 0 saturated heterocycles. The SMILES string of the molecule is CC(C)(C)OC(=O)NCC(=O)NCC(=O)NC(Cc1ccccc1)C(=O)NC(Cc1ccc(OCc2ccccc2)cc1)C(N)=O. The minimum Gasteiger partial charge on any atom is -0.489 e. The summed E-state index contributed by atoms with van der Waals surface area (Å²) in [6.07, 6.45) is -0.541. The first-order valence-electron chi connectivity index (χ1n) is 14.8. The number of benzene rings is 3. The molecule has 0 radical (unpaired) electrons. The van der Waals surface area contributed by atoms with Gasteiger partial charge in [0, 0.05) is 12.8 Å². The Kier molecular flexibility index (Phi) is 13.1. The third-order valence-corrected chi connectivity index (χ3v) is 6.44. The molecule has 0 aliphatic heterocycles. The third-order valence-electron chi connectivity index (χ3n) is 6.44. The highest BCUT2D eigenvalue weighted by Crippen LogP contribution is 2.16. The van der Waals surface area contributed by atoms with Crippen molar-refractivity contribution in [1.29, 1.82) is 0 Å². The first kappa shape index (κ1) is 35.1. The van der Waals surface area contributed by atoms with Gasteiger partial charge in [-0.05, 0) is 49.6 Å². The zero-order valence-corrected chi connectivity index (χ0v) is 26.2. The Balaban J connectivity index is 1.58. The molecule has 244 valence electrons. The van der Waals surface area contributed by atoms with Crippen molar-refractivity contribution < 1.29 is 33.4 Å². The molecule has 5 amide bonds. The molecule has 12 nitrogen and oxygen atoms in total. The van der Waals surface area contributed by atoms with Crippen LogP contribution in [0.1, 0.15) is 37.5 Å². The average Bonchev–Trinajstić information content (AvgIpc) is 3.02. The summed E-state index contributed by atoms with van der Waals surface area (Å²) in [7, 11) is 0. The van der Waals surface area contributed by atoms with E-state index < -0.39 is 60.5 Å². The number of amides is 5. The average molecular weight is 632 g/mol. The molecule has 6 N–H and O–H groups in total. The summed E-state index contributed by atoms with van der Waals surface area (Å²) in [6.45, 7) is 4.60. The standard InChI is InChI=1S/C34H41N5O7/c1-34(2,3)46-33(44)37-20-29(40)36-21-30(41)38-28(19-23-10-6-4-7-11-23)32(43)39-27(31(35)42)18-24-14-16-26(17-15-24)45-22-25-12-8-5-9-13-25/h4-17,27-28H,18-22H2,1-3H3,(H2,35,42)(H,36,40)(H,37,44)(H,38,41)(H,39,43). The fraction of sp³-hybridized carbons (Fsp3) is 0.324. The number of primary amides is 1. The molecule has 2 atom stereocenters. The molecule has 3 rings (SSSR count). The highest BCUT2D eigenvalue weighted by molar-refractivity contribution is 5.93. The van der Waals surface area contributed by atoms with Crippen LogP contribution in [0.4, 0.5) is 4.79 Å². The van der Waals surface area contributed by atoms with Gasteiger partial charge in [-0.15, -0.1) is 0 Å². The van der Waals surface area contributed by atoms with Gasteiger partial charge in [-0.1, -0.05) is 72.8 Å². The molecule has 0 aliphatic carbocycles. The second-order valence-corrected chi connectivity index (χ2v) is 11.5. The van der Waals surface area contributed by atoms with Gasteiger partial charge < -0.3 is 36.5 Å². The van der Waals surface area contributed by atoms with Crippen LogP contribution in [0.15, 0.2) is 84.9 Å². The van der Waals surface area contributed by atoms with Crippen LogP contribution < -0.4 is 31.7 Å². The largest absolute Gasteiger partial charge is 0.489 e. The summed E-state index contributed by atoms with van der Waals surface area (Å²) in [5.41, 5.74) is 7.43. The maximum atomic E-state index is 13.4. The first-order chi connectivity index (χ1) is 21.9. The van der Waals surface area contributed by atoms with Gasteiger partial charge in [-0.25, -0.2) is 4.79 Å². The summed E-state index contributed by atoms with van der Waals surface area (Å²) in [5.74, 6) is -2.00. The van der Waals surface area contributed by atoms with E-state index in [9.17, 15) is 24.0 Å². The van der Waals surface area contributed by atoms with Gasteiger partial charge in [0.2, 0.25) is 23.6 Å². The Morgan fingerprint density at radius 2 is 1.22 bits per heavy atom. The lowest BCUT2D eigenvalue weighted by Gasteiger charge is -2.22. The van der Waals surface area contributed by atoms with Crippen LogP contribution >= 0.6 is 0 Å². The van der Waals surface area contributed by atoms with E-state index in [1.54, 1.807) is 69.3 Å². The van der Waals surface area contributed by atoms with Gasteiger partial charge in [0.1, 0.15) is 36.6 Å². The Hall–Kier alpha value is -5.39. The second-order valence-electron chi connectivity index (χ2n) is 11.5. The van der Waals surface area contributed by atoms with E-state index in [0.29, 0.717) is 12.4 Å². The normalized spacial score (nSPS) is 12.2. The van der Waals surface area contributed by atoms with Crippen molar-refractivity contribution in [3.63, 3.8) is 0 Å². The van der Waals surface area contributed by atoms with Gasteiger partial charge >= 0.3 is 6.09 Å². The molecule has 0 saturated carbocycles. The summed E-state index contributed by atoms with van der Waals surface area (Å²) in [6, 6.07) is 23.7. The smallest absolute Gasteiger partial charge is 0.408 e. The van der Waals surface area contributed by atoms with E-state index in [-0.39, 0.29) is 12.8 Å². The van der Waals surface area contributed by atoms with E-state index >= 15 is 0 Å². The van der Waals surface area contributed by atoms with Crippen LogP contribution in [-0.4, -0.2) is 60.5 Å². The molecule has 3 aromatic carbocycles. The van der Waals surface area contributed by atoms with Crippen molar-refractivity contribution in [2.45, 2.75) is 57.9 Å². The Labute approximate surface area is 268 Å². The molecular formula is C34H41N5O7. The Morgan fingerprint density at radius 1 is 0.674 bits per heavy atom. The number of carbonyl (C=O) groups is 5. The summed E-state index contributed by atoms with van der Waals surface area (Å²) in [4.78, 5) is 62.4. The predicted octanol–water partition coefficient (Wildman–Crippen LogP) is 2.15. The fourth-order valence-corrected chi connectivity index (χ4v) is 4.21. The van der Waals surface area contributed by atoms with E-state index in [1.165, 1.54) is 0 Å². The van der Waals surface area contributed by atoms with Crippen LogP contribution in [0.5, 0.6) is 5.75 Å². The number of rotatable bonds is 15. The summed E-state index contributed by atoms with van der Waals surface area (Å²) >= 11 is 0. The maximum absolute atomic E-state index is 13.4. The van der Waals surface area contributed by atoms with Crippen LogP contribution in [0.2, 0.25) is 0 Å². The van der Waals surface area contributed by atoms with Gasteiger partial charge in [0.25, 0.3) is 0 Å². The van der Waals surface area contributed by atoms with Gasteiger partial charge in [-0.3, -0.25) is 19.2 Å². The molecule has 2 unspecified atom stereocenters. The monoisotopic (exact) mass is 631 g/mol. The van der Waals surface area contributed by atoms with Crippen molar-refractivity contribution in [1.82, 2.24) is 21.3 Å². The summed E-state index contributed by atoms with van der Waals surface area (Å²) in [5, 5.41) is 9.96. The van der Waals surface area contributed by atoms with Crippen molar-refractivity contribution in [2.24, 2.45) is 5.73 Å². The molecule has 0 heterocycles. The Bertz CT molecular complexity index is 1460. The minimum absolute atomic E-state index is 0.117. The topological polar surface area (TPSA) is 178 Å². The Morgan fingerprint density at radius 3 is 1.80 bits per heavy atom. The molecule has 0 fully saturated rings. The molecule has 12 heteroatoms. The van der Waals surface area contributed by atoms with Crippen LogP contribution in [0, 0.1) is 0 Å². The molecular weight excluding hydrogens is 590 g/mol. The predicted molar refractivity (Wildman–Crippen MR) is 171 cm³/mol. The number of hydrogen-bond donors (Lipinski definition) is 5. The second kappa shape index (κ2) is 17.2. The van der Waals surface area contributed by atoms with Gasteiger partial charge in [0.05, 0.1) is 6.54 Å². The zero-order chi connectivity index (χ0) is 33.5. The van der Waals surface area contributed by atoms with Crippen LogP contribution in [-0.2, 0) is 43.4 Å². The van der Waals surface area contributed by atoms with E-state index in [2.05, 4.69) is 21.3 Å². The van der Waals surface area contributed by atoms with Gasteiger partial charge in [-0.2, -0.15) is 0 Å². The van der Waals surface area contributed by atoms with Crippen molar-refractivity contribution >= 4 is 29.7 Å². The van der Waals surface area contributed by atoms with Crippen molar-refractivity contribution in [3.8, 4) is 5.75 Å². The molecule has 0 aromatic heterocycles. The molecule has 0 aliphatic rings. The summed E-state index contributed by atoms with van der Waals surface area (Å²) < 4.78 is 10.9. The molecule has 0 bridgehead atoms. The maximum Gasteiger partial charge on any atom is 0.408 e. The van der Waals surface area contributed by atoms with E-state index in [0.717, 1.165) is 16.7 Å². The molecule has 3 aromatic rings. The van der Waals surface area contributed by atoms with Crippen molar-refractivity contribution in [2.75, 3.05) is 13.1 Å². The van der Waals surface area contributed by atoms with E-state index in [1.807, 2.05) is 36.4 Å².